The van der Waals surface area contributed by atoms with Crippen LogP contribution in [0.5, 0.6) is 0 Å². The van der Waals surface area contributed by atoms with Crippen LogP contribution in [0.2, 0.25) is 0 Å². The van der Waals surface area contributed by atoms with E-state index in [0.29, 0.717) is 31.3 Å². The molecule has 1 fully saturated rings. The van der Waals surface area contributed by atoms with Crippen molar-refractivity contribution in [3.63, 3.8) is 0 Å². The molecule has 0 aliphatic carbocycles. The van der Waals surface area contributed by atoms with E-state index in [1.54, 1.807) is 18.6 Å². The van der Waals surface area contributed by atoms with E-state index in [1.807, 2.05) is 47.0 Å². The number of imidazole rings is 1. The minimum Gasteiger partial charge on any atom is -0.355 e. The number of pyridine rings is 1. The lowest BCUT2D eigenvalue weighted by Crippen LogP contribution is -2.30. The average molecular weight is 396 g/mol. The first-order valence-electron chi connectivity index (χ1n) is 9.05. The molecule has 0 radical (unpaired) electrons. The van der Waals surface area contributed by atoms with E-state index in [2.05, 4.69) is 15.3 Å². The third-order valence-electron chi connectivity index (χ3n) is 4.49. The molecule has 4 rings (SSSR count). The van der Waals surface area contributed by atoms with E-state index in [-0.39, 0.29) is 17.8 Å². The molecule has 1 saturated heterocycles. The summed E-state index contributed by atoms with van der Waals surface area (Å²) in [5.74, 6) is 0.746. The normalized spacial score (nSPS) is 14.1. The van der Waals surface area contributed by atoms with Gasteiger partial charge < -0.3 is 24.3 Å². The number of nitrogens with one attached hydrogen (secondary N) is 1. The van der Waals surface area contributed by atoms with Gasteiger partial charge in [-0.05, 0) is 30.3 Å². The minimum atomic E-state index is -0.456. The summed E-state index contributed by atoms with van der Waals surface area (Å²) in [5.41, 5.74) is 1.52. The first kappa shape index (κ1) is 18.8. The summed E-state index contributed by atoms with van der Waals surface area (Å²) in [6.45, 7) is 1.60. The van der Waals surface area contributed by atoms with Crippen molar-refractivity contribution in [2.45, 2.75) is 6.29 Å². The highest BCUT2D eigenvalue weighted by Crippen LogP contribution is 2.29. The number of nitrogens with zero attached hydrogens (tertiary/aromatic N) is 5. The van der Waals surface area contributed by atoms with Crippen LogP contribution in [0.1, 0.15) is 0 Å². The Kier molecular flexibility index (Phi) is 5.36. The highest BCUT2D eigenvalue weighted by molar-refractivity contribution is 5.68. The van der Waals surface area contributed by atoms with Gasteiger partial charge in [0.1, 0.15) is 5.82 Å². The number of hydrogen-bond acceptors (Lipinski definition) is 8. The molecule has 0 amide bonds. The molecule has 0 saturated carbocycles. The van der Waals surface area contributed by atoms with Crippen LogP contribution in [-0.4, -0.2) is 52.6 Å². The lowest BCUT2D eigenvalue weighted by molar-refractivity contribution is -0.384. The second-order valence-electron chi connectivity index (χ2n) is 6.49. The molecular formula is C19H20N6O4. The highest BCUT2D eigenvalue weighted by Gasteiger charge is 2.21. The van der Waals surface area contributed by atoms with Gasteiger partial charge in [-0.25, -0.2) is 9.97 Å². The van der Waals surface area contributed by atoms with Gasteiger partial charge in [-0.2, -0.15) is 0 Å². The first-order chi connectivity index (χ1) is 14.1. The predicted molar refractivity (Wildman–Crippen MR) is 107 cm³/mol. The summed E-state index contributed by atoms with van der Waals surface area (Å²) >= 11 is 0. The number of aromatic nitrogens is 3. The van der Waals surface area contributed by atoms with E-state index in [0.717, 1.165) is 5.69 Å². The maximum absolute atomic E-state index is 11.4. The number of hydrogen-bond donors (Lipinski definition) is 1. The Hall–Kier alpha value is -3.50. The molecule has 3 heterocycles. The summed E-state index contributed by atoms with van der Waals surface area (Å²) in [4.78, 5) is 21.3. The minimum absolute atomic E-state index is 0.103. The zero-order chi connectivity index (χ0) is 20.2. The third-order valence-corrected chi connectivity index (χ3v) is 4.49. The van der Waals surface area contributed by atoms with Gasteiger partial charge in [0.05, 0.1) is 31.0 Å². The Morgan fingerprint density at radius 3 is 2.66 bits per heavy atom. The molecule has 1 N–H and O–H groups in total. The van der Waals surface area contributed by atoms with Crippen molar-refractivity contribution >= 4 is 23.0 Å². The molecule has 0 spiro atoms. The van der Waals surface area contributed by atoms with Crippen LogP contribution in [0.15, 0.2) is 55.1 Å². The zero-order valence-electron chi connectivity index (χ0n) is 15.8. The Morgan fingerprint density at radius 1 is 1.24 bits per heavy atom. The Bertz CT molecular complexity index is 971. The number of rotatable bonds is 7. The molecule has 1 aliphatic heterocycles. The monoisotopic (exact) mass is 396 g/mol. The van der Waals surface area contributed by atoms with Crippen molar-refractivity contribution in [3.8, 4) is 5.69 Å². The van der Waals surface area contributed by atoms with Gasteiger partial charge in [-0.3, -0.25) is 10.1 Å². The molecule has 0 atom stereocenters. The van der Waals surface area contributed by atoms with Crippen molar-refractivity contribution in [1.82, 2.24) is 14.5 Å². The van der Waals surface area contributed by atoms with E-state index < -0.39 is 4.92 Å². The van der Waals surface area contributed by atoms with E-state index in [4.69, 9.17) is 9.47 Å². The number of nitro groups is 1. The maximum Gasteiger partial charge on any atom is 0.311 e. The molecule has 0 unspecified atom stereocenters. The van der Waals surface area contributed by atoms with Crippen LogP contribution in [0.25, 0.3) is 5.69 Å². The van der Waals surface area contributed by atoms with Gasteiger partial charge in [0.15, 0.2) is 6.29 Å². The molecule has 1 aromatic carbocycles. The number of likely N-dealkylation sites (N-methyl/N-ethyl adjacent to an activating group) is 1. The fourth-order valence-electron chi connectivity index (χ4n) is 2.99. The topological polar surface area (TPSA) is 108 Å². The van der Waals surface area contributed by atoms with Crippen molar-refractivity contribution in [3.05, 3.63) is 65.2 Å². The molecule has 3 aromatic rings. The second-order valence-corrected chi connectivity index (χ2v) is 6.49. The van der Waals surface area contributed by atoms with Crippen molar-refractivity contribution in [2.75, 3.05) is 37.0 Å². The van der Waals surface area contributed by atoms with E-state index in [1.165, 1.54) is 6.07 Å². The summed E-state index contributed by atoms with van der Waals surface area (Å²) in [5, 5.41) is 14.5. The van der Waals surface area contributed by atoms with Gasteiger partial charge in [0.25, 0.3) is 0 Å². The maximum atomic E-state index is 11.4. The van der Waals surface area contributed by atoms with Gasteiger partial charge in [-0.1, -0.05) is 0 Å². The van der Waals surface area contributed by atoms with Crippen LogP contribution < -0.4 is 10.2 Å². The van der Waals surface area contributed by atoms with Gasteiger partial charge in [-0.15, -0.1) is 0 Å². The average Bonchev–Trinajstić information content (AvgIpc) is 3.42. The highest BCUT2D eigenvalue weighted by atomic mass is 16.7. The summed E-state index contributed by atoms with van der Waals surface area (Å²) in [6.07, 6.45) is 4.91. The van der Waals surface area contributed by atoms with Gasteiger partial charge >= 0.3 is 5.69 Å². The van der Waals surface area contributed by atoms with Crippen LogP contribution in [0, 0.1) is 10.1 Å². The van der Waals surface area contributed by atoms with Crippen molar-refractivity contribution in [2.24, 2.45) is 0 Å². The van der Waals surface area contributed by atoms with Crippen molar-refractivity contribution in [1.29, 1.82) is 0 Å². The SMILES string of the molecule is CN(CC1OCCO1)c1ccc([N+](=O)[O-])c(Nc2ccc(-n3ccnc3)cc2)n1. The standard InChI is InChI=1S/C19H20N6O4/c1-23(12-18-28-10-11-29-18)17-7-6-16(25(26)27)19(22-17)21-14-2-4-15(5-3-14)24-9-8-20-13-24/h2-9,13,18H,10-12H2,1H3,(H,21,22). The Balaban J connectivity index is 1.55. The van der Waals surface area contributed by atoms with Crippen LogP contribution in [0.3, 0.4) is 0 Å². The summed E-state index contributed by atoms with van der Waals surface area (Å²) in [7, 11) is 1.84. The first-order valence-corrected chi connectivity index (χ1v) is 9.05. The van der Waals surface area contributed by atoms with Crippen LogP contribution in [0.4, 0.5) is 23.0 Å². The number of ether oxygens (including phenoxy) is 2. The van der Waals surface area contributed by atoms with Gasteiger partial charge in [0.2, 0.25) is 5.82 Å². The van der Waals surface area contributed by atoms with E-state index in [9.17, 15) is 10.1 Å². The lowest BCUT2D eigenvalue weighted by Gasteiger charge is -2.21. The second kappa shape index (κ2) is 8.25. The molecule has 10 heteroatoms. The fourth-order valence-corrected chi connectivity index (χ4v) is 2.99. The van der Waals surface area contributed by atoms with Gasteiger partial charge in [0, 0.05) is 36.9 Å². The molecule has 29 heavy (non-hydrogen) atoms. The predicted octanol–water partition coefficient (Wildman–Crippen LogP) is 2.73. The molecule has 0 bridgehead atoms. The van der Waals surface area contributed by atoms with E-state index >= 15 is 0 Å². The zero-order valence-corrected chi connectivity index (χ0v) is 15.8. The van der Waals surface area contributed by atoms with Crippen LogP contribution >= 0.6 is 0 Å². The molecule has 150 valence electrons. The number of anilines is 3. The largest absolute Gasteiger partial charge is 0.355 e. The third kappa shape index (κ3) is 4.33. The van der Waals surface area contributed by atoms with Crippen molar-refractivity contribution < 1.29 is 14.4 Å². The smallest absolute Gasteiger partial charge is 0.311 e. The Morgan fingerprint density at radius 2 is 2.00 bits per heavy atom. The Labute approximate surface area is 166 Å². The summed E-state index contributed by atoms with van der Waals surface area (Å²) in [6, 6.07) is 10.5. The lowest BCUT2D eigenvalue weighted by atomic mass is 10.2. The summed E-state index contributed by atoms with van der Waals surface area (Å²) < 4.78 is 12.8. The molecule has 10 nitrogen and oxygen atoms in total. The molecular weight excluding hydrogens is 376 g/mol. The quantitative estimate of drug-likeness (QED) is 0.480. The fraction of sp³-hybridized carbons (Fsp3) is 0.263. The molecule has 1 aliphatic rings. The number of benzene rings is 1. The van der Waals surface area contributed by atoms with Crippen LogP contribution in [-0.2, 0) is 9.47 Å². The molecule has 2 aromatic heterocycles.